The molecule has 0 saturated carbocycles. The summed E-state index contributed by atoms with van der Waals surface area (Å²) in [7, 11) is 2.49. The van der Waals surface area contributed by atoms with Crippen molar-refractivity contribution < 1.29 is 4.48 Å². The van der Waals surface area contributed by atoms with E-state index < -0.39 is 0 Å². The first-order valence-corrected chi connectivity index (χ1v) is 5.51. The van der Waals surface area contributed by atoms with Crippen molar-refractivity contribution in [3.05, 3.63) is 0 Å². The lowest BCUT2D eigenvalue weighted by Gasteiger charge is -2.48. The first-order chi connectivity index (χ1) is 5.65. The second-order valence-electron chi connectivity index (χ2n) is 5.13. The van der Waals surface area contributed by atoms with Crippen LogP contribution in [-0.4, -0.2) is 29.7 Å². The molecule has 2 saturated heterocycles. The summed E-state index contributed by atoms with van der Waals surface area (Å²) in [5.41, 5.74) is 0. The molecule has 0 aliphatic carbocycles. The highest BCUT2D eigenvalue weighted by Gasteiger charge is 2.49. The van der Waals surface area contributed by atoms with Gasteiger partial charge in [-0.15, -0.1) is 0 Å². The quantitative estimate of drug-likeness (QED) is 0.528. The third-order valence-electron chi connectivity index (χ3n) is 4.59. The smallest absolute Gasteiger partial charge is 0.0894 e. The van der Waals surface area contributed by atoms with Gasteiger partial charge in [-0.25, -0.2) is 0 Å². The lowest BCUT2D eigenvalue weighted by atomic mass is 9.97. The van der Waals surface area contributed by atoms with Gasteiger partial charge in [0.05, 0.1) is 25.2 Å². The molecule has 70 valence electrons. The zero-order valence-electron chi connectivity index (χ0n) is 8.71. The SMILES string of the molecule is CC(C)[N+]1(C)C2CCCC1CC2. The summed E-state index contributed by atoms with van der Waals surface area (Å²) in [6.45, 7) is 4.80. The fourth-order valence-electron chi connectivity index (χ4n) is 3.52. The van der Waals surface area contributed by atoms with Crippen molar-refractivity contribution >= 4 is 0 Å². The van der Waals surface area contributed by atoms with Crippen LogP contribution in [0.2, 0.25) is 0 Å². The van der Waals surface area contributed by atoms with Crippen molar-refractivity contribution in [1.29, 1.82) is 0 Å². The van der Waals surface area contributed by atoms with Crippen LogP contribution in [0.25, 0.3) is 0 Å². The average molecular weight is 168 g/mol. The Morgan fingerprint density at radius 2 is 1.50 bits per heavy atom. The van der Waals surface area contributed by atoms with Gasteiger partial charge in [-0.05, 0) is 33.1 Å². The molecule has 0 spiro atoms. The average Bonchev–Trinajstić information content (AvgIpc) is 2.24. The van der Waals surface area contributed by atoms with E-state index in [1.165, 1.54) is 36.6 Å². The molecule has 0 radical (unpaired) electrons. The van der Waals surface area contributed by atoms with Gasteiger partial charge in [0.25, 0.3) is 0 Å². The maximum absolute atomic E-state index is 2.49. The number of fused-ring (bicyclic) bond motifs is 2. The Labute approximate surface area is 76.3 Å². The van der Waals surface area contributed by atoms with Crippen LogP contribution in [0.4, 0.5) is 0 Å². The fourth-order valence-corrected chi connectivity index (χ4v) is 3.52. The van der Waals surface area contributed by atoms with Gasteiger partial charge in [-0.1, -0.05) is 0 Å². The molecule has 1 nitrogen and oxygen atoms in total. The molecule has 2 aliphatic rings. The monoisotopic (exact) mass is 168 g/mol. The van der Waals surface area contributed by atoms with E-state index in [0.29, 0.717) is 0 Å². The highest BCUT2D eigenvalue weighted by molar-refractivity contribution is 4.82. The minimum Gasteiger partial charge on any atom is -0.319 e. The molecule has 2 aliphatic heterocycles. The summed E-state index contributed by atoms with van der Waals surface area (Å²) in [6.07, 6.45) is 7.48. The van der Waals surface area contributed by atoms with Gasteiger partial charge in [0.1, 0.15) is 0 Å². The molecule has 12 heavy (non-hydrogen) atoms. The molecule has 2 fully saturated rings. The molecule has 2 heterocycles. The van der Waals surface area contributed by atoms with Crippen LogP contribution < -0.4 is 0 Å². The minimum absolute atomic E-state index is 0.836. The molecule has 1 heteroatoms. The van der Waals surface area contributed by atoms with Crippen molar-refractivity contribution in [2.24, 2.45) is 0 Å². The van der Waals surface area contributed by atoms with Gasteiger partial charge < -0.3 is 4.48 Å². The summed E-state index contributed by atoms with van der Waals surface area (Å²) in [6, 6.07) is 2.84. The van der Waals surface area contributed by atoms with Crippen LogP contribution in [0.15, 0.2) is 0 Å². The van der Waals surface area contributed by atoms with E-state index in [0.717, 1.165) is 18.1 Å². The first kappa shape index (κ1) is 8.55. The number of rotatable bonds is 1. The molecule has 0 N–H and O–H groups in total. The Morgan fingerprint density at radius 1 is 1.00 bits per heavy atom. The summed E-state index contributed by atoms with van der Waals surface area (Å²) in [5, 5.41) is 0. The Kier molecular flexibility index (Phi) is 1.95. The predicted octanol–water partition coefficient (Wildman–Crippen LogP) is 2.56. The summed E-state index contributed by atoms with van der Waals surface area (Å²) in [5.74, 6) is 0. The van der Waals surface area contributed by atoms with Gasteiger partial charge in [-0.2, -0.15) is 0 Å². The topological polar surface area (TPSA) is 0 Å². The summed E-state index contributed by atoms with van der Waals surface area (Å²) in [4.78, 5) is 0. The number of piperidine rings is 1. The number of nitrogens with zero attached hydrogens (tertiary/aromatic N) is 1. The molecular formula is C11H22N+. The van der Waals surface area contributed by atoms with Gasteiger partial charge in [0.2, 0.25) is 0 Å². The van der Waals surface area contributed by atoms with Gasteiger partial charge in [0, 0.05) is 12.8 Å². The van der Waals surface area contributed by atoms with Gasteiger partial charge in [0.15, 0.2) is 0 Å². The third-order valence-corrected chi connectivity index (χ3v) is 4.59. The Balaban J connectivity index is 2.24. The van der Waals surface area contributed by atoms with Crippen LogP contribution in [-0.2, 0) is 0 Å². The largest absolute Gasteiger partial charge is 0.319 e. The Bertz CT molecular complexity index is 158. The van der Waals surface area contributed by atoms with Crippen molar-refractivity contribution in [3.63, 3.8) is 0 Å². The second kappa shape index (κ2) is 2.73. The molecular weight excluding hydrogens is 146 g/mol. The van der Waals surface area contributed by atoms with Crippen molar-refractivity contribution in [2.75, 3.05) is 7.05 Å². The lowest BCUT2D eigenvalue weighted by Crippen LogP contribution is -2.59. The van der Waals surface area contributed by atoms with E-state index in [9.17, 15) is 0 Å². The van der Waals surface area contributed by atoms with Gasteiger partial charge in [-0.3, -0.25) is 0 Å². The highest BCUT2D eigenvalue weighted by atomic mass is 15.4. The van der Waals surface area contributed by atoms with Crippen LogP contribution in [0.5, 0.6) is 0 Å². The van der Waals surface area contributed by atoms with E-state index in [2.05, 4.69) is 20.9 Å². The zero-order chi connectivity index (χ0) is 8.77. The van der Waals surface area contributed by atoms with Crippen LogP contribution in [0, 0.1) is 0 Å². The molecule has 2 atom stereocenters. The van der Waals surface area contributed by atoms with E-state index >= 15 is 0 Å². The standard InChI is InChI=1S/C11H22N/c1-9(2)12(3)10-5-4-6-11(12)8-7-10/h9-11H,4-8H2,1-3H3/q+1. The maximum atomic E-state index is 2.49. The number of hydrogen-bond acceptors (Lipinski definition) is 0. The van der Waals surface area contributed by atoms with Crippen LogP contribution >= 0.6 is 0 Å². The summed E-state index contributed by atoms with van der Waals surface area (Å²) < 4.78 is 1.39. The fraction of sp³-hybridized carbons (Fsp3) is 1.00. The van der Waals surface area contributed by atoms with Crippen LogP contribution in [0.1, 0.15) is 46.0 Å². The lowest BCUT2D eigenvalue weighted by molar-refractivity contribution is -0.967. The van der Waals surface area contributed by atoms with Crippen molar-refractivity contribution in [1.82, 2.24) is 0 Å². The maximum Gasteiger partial charge on any atom is 0.0894 e. The summed E-state index contributed by atoms with van der Waals surface area (Å²) >= 11 is 0. The highest BCUT2D eigenvalue weighted by Crippen LogP contribution is 2.42. The molecule has 0 aromatic rings. The van der Waals surface area contributed by atoms with Gasteiger partial charge >= 0.3 is 0 Å². The van der Waals surface area contributed by atoms with Crippen molar-refractivity contribution in [3.8, 4) is 0 Å². The molecule has 0 amide bonds. The normalized spacial score (nSPS) is 47.0. The molecule has 2 rings (SSSR count). The molecule has 0 aromatic carbocycles. The number of quaternary nitrogens is 1. The zero-order valence-corrected chi connectivity index (χ0v) is 8.71. The van der Waals surface area contributed by atoms with Crippen molar-refractivity contribution in [2.45, 2.75) is 64.1 Å². The molecule has 0 aromatic heterocycles. The second-order valence-corrected chi connectivity index (χ2v) is 5.13. The van der Waals surface area contributed by atoms with E-state index in [1.54, 1.807) is 0 Å². The van der Waals surface area contributed by atoms with E-state index in [4.69, 9.17) is 0 Å². The van der Waals surface area contributed by atoms with E-state index in [1.807, 2.05) is 0 Å². The Morgan fingerprint density at radius 3 is 1.83 bits per heavy atom. The third kappa shape index (κ3) is 0.953. The Hall–Kier alpha value is -0.0400. The predicted molar refractivity (Wildman–Crippen MR) is 52.0 cm³/mol. The minimum atomic E-state index is 0.836. The molecule has 2 unspecified atom stereocenters. The van der Waals surface area contributed by atoms with Crippen LogP contribution in [0.3, 0.4) is 0 Å². The molecule has 2 bridgehead atoms. The number of hydrogen-bond donors (Lipinski definition) is 0. The first-order valence-electron chi connectivity index (χ1n) is 5.51. The van der Waals surface area contributed by atoms with E-state index in [-0.39, 0.29) is 0 Å².